The van der Waals surface area contributed by atoms with Gasteiger partial charge in [-0.3, -0.25) is 0 Å². The molecule has 0 saturated carbocycles. The minimum atomic E-state index is -0.296. The number of ether oxygens (including phenoxy) is 4. The maximum absolute atomic E-state index is 6.46. The summed E-state index contributed by atoms with van der Waals surface area (Å²) < 4.78 is 23.8. The lowest BCUT2D eigenvalue weighted by Crippen LogP contribution is -2.44. The molecule has 0 aliphatic carbocycles. The first-order valence-electron chi connectivity index (χ1n) is 9.04. The van der Waals surface area contributed by atoms with E-state index in [1.165, 1.54) is 0 Å². The summed E-state index contributed by atoms with van der Waals surface area (Å²) in [5.74, 6) is 2.24. The van der Waals surface area contributed by atoms with Gasteiger partial charge in [0.05, 0.1) is 20.3 Å². The summed E-state index contributed by atoms with van der Waals surface area (Å²) in [5, 5.41) is 0. The molecule has 0 amide bonds. The minimum absolute atomic E-state index is 0.0975. The maximum Gasteiger partial charge on any atom is 0.162 e. The van der Waals surface area contributed by atoms with Crippen molar-refractivity contribution in [2.75, 3.05) is 40.5 Å². The second-order valence-electron chi connectivity index (χ2n) is 6.33. The molecule has 5 nitrogen and oxygen atoms in total. The standard InChI is InChI=1S/C21H27NO4/c1-4-24-18-11-7-8-12-19(18)26-21(20-15-22(2)13-14-25-20)16-9-5-6-10-17(16)23-3/h5-12,20-21H,4,13-15H2,1-3H3. The molecule has 3 rings (SSSR count). The van der Waals surface area contributed by atoms with E-state index in [0.29, 0.717) is 19.0 Å². The Bertz CT molecular complexity index is 706. The molecular weight excluding hydrogens is 330 g/mol. The average Bonchev–Trinajstić information content (AvgIpc) is 2.67. The van der Waals surface area contributed by atoms with Crippen LogP contribution in [0.4, 0.5) is 0 Å². The quantitative estimate of drug-likeness (QED) is 0.758. The van der Waals surface area contributed by atoms with Crippen LogP contribution in [0.5, 0.6) is 17.2 Å². The van der Waals surface area contributed by atoms with Gasteiger partial charge in [0.2, 0.25) is 0 Å². The number of likely N-dealkylation sites (N-methyl/N-ethyl adjacent to an activating group) is 1. The van der Waals surface area contributed by atoms with Gasteiger partial charge in [-0.15, -0.1) is 0 Å². The molecule has 1 heterocycles. The minimum Gasteiger partial charge on any atom is -0.496 e. The Morgan fingerprint density at radius 1 is 1.08 bits per heavy atom. The van der Waals surface area contributed by atoms with Crippen LogP contribution in [0.2, 0.25) is 0 Å². The van der Waals surface area contributed by atoms with Crippen molar-refractivity contribution in [3.8, 4) is 17.2 Å². The number of morpholine rings is 1. The van der Waals surface area contributed by atoms with Gasteiger partial charge in [-0.25, -0.2) is 0 Å². The van der Waals surface area contributed by atoms with Gasteiger partial charge in [0.25, 0.3) is 0 Å². The molecule has 2 aromatic carbocycles. The molecule has 1 aliphatic rings. The number of para-hydroxylation sites is 3. The van der Waals surface area contributed by atoms with Gasteiger partial charge in [-0.2, -0.15) is 0 Å². The van der Waals surface area contributed by atoms with E-state index in [9.17, 15) is 0 Å². The predicted octanol–water partition coefficient (Wildman–Crippen LogP) is 3.54. The van der Waals surface area contributed by atoms with Crippen LogP contribution in [0.15, 0.2) is 48.5 Å². The predicted molar refractivity (Wildman–Crippen MR) is 101 cm³/mol. The lowest BCUT2D eigenvalue weighted by atomic mass is 10.0. The van der Waals surface area contributed by atoms with Gasteiger partial charge in [0.1, 0.15) is 11.9 Å². The Hall–Kier alpha value is -2.24. The van der Waals surface area contributed by atoms with Crippen LogP contribution in [-0.4, -0.2) is 51.5 Å². The first-order valence-corrected chi connectivity index (χ1v) is 9.04. The largest absolute Gasteiger partial charge is 0.496 e. The first kappa shape index (κ1) is 18.5. The van der Waals surface area contributed by atoms with Crippen molar-refractivity contribution in [2.45, 2.75) is 19.1 Å². The summed E-state index contributed by atoms with van der Waals surface area (Å²) in [7, 11) is 3.78. The monoisotopic (exact) mass is 357 g/mol. The summed E-state index contributed by atoms with van der Waals surface area (Å²) >= 11 is 0. The lowest BCUT2D eigenvalue weighted by Gasteiger charge is -2.36. The van der Waals surface area contributed by atoms with E-state index in [2.05, 4.69) is 11.9 Å². The van der Waals surface area contributed by atoms with E-state index in [4.69, 9.17) is 18.9 Å². The Labute approximate surface area is 155 Å². The molecule has 1 saturated heterocycles. The van der Waals surface area contributed by atoms with Gasteiger partial charge >= 0.3 is 0 Å². The van der Waals surface area contributed by atoms with Gasteiger partial charge in [-0.1, -0.05) is 30.3 Å². The summed E-state index contributed by atoms with van der Waals surface area (Å²) in [5.41, 5.74) is 0.974. The lowest BCUT2D eigenvalue weighted by molar-refractivity contribution is -0.0769. The molecule has 0 spiro atoms. The SMILES string of the molecule is CCOc1ccccc1OC(c1ccccc1OC)C1CN(C)CCO1. The Morgan fingerprint density at radius 2 is 1.77 bits per heavy atom. The van der Waals surface area contributed by atoms with Crippen molar-refractivity contribution < 1.29 is 18.9 Å². The van der Waals surface area contributed by atoms with Crippen molar-refractivity contribution in [1.29, 1.82) is 0 Å². The van der Waals surface area contributed by atoms with Crippen molar-refractivity contribution in [2.24, 2.45) is 0 Å². The molecule has 1 fully saturated rings. The smallest absolute Gasteiger partial charge is 0.162 e. The van der Waals surface area contributed by atoms with Crippen molar-refractivity contribution in [3.05, 3.63) is 54.1 Å². The fourth-order valence-corrected chi connectivity index (χ4v) is 3.19. The zero-order chi connectivity index (χ0) is 18.4. The van der Waals surface area contributed by atoms with E-state index in [1.54, 1.807) is 7.11 Å². The summed E-state index contributed by atoms with van der Waals surface area (Å²) in [6.07, 6.45) is -0.393. The highest BCUT2D eigenvalue weighted by Gasteiger charge is 2.32. The molecule has 0 radical (unpaired) electrons. The molecule has 0 bridgehead atoms. The Morgan fingerprint density at radius 3 is 2.46 bits per heavy atom. The van der Waals surface area contributed by atoms with Crippen LogP contribution >= 0.6 is 0 Å². The van der Waals surface area contributed by atoms with Crippen LogP contribution < -0.4 is 14.2 Å². The summed E-state index contributed by atoms with van der Waals surface area (Å²) in [6.45, 7) is 4.95. The molecule has 5 heteroatoms. The van der Waals surface area contributed by atoms with Crippen LogP contribution in [-0.2, 0) is 4.74 Å². The van der Waals surface area contributed by atoms with E-state index in [0.717, 1.165) is 30.2 Å². The zero-order valence-corrected chi connectivity index (χ0v) is 15.7. The van der Waals surface area contributed by atoms with E-state index >= 15 is 0 Å². The number of hydrogen-bond donors (Lipinski definition) is 0. The van der Waals surface area contributed by atoms with Gasteiger partial charge in [-0.05, 0) is 32.2 Å². The van der Waals surface area contributed by atoms with Crippen LogP contribution in [0.3, 0.4) is 0 Å². The molecule has 26 heavy (non-hydrogen) atoms. The topological polar surface area (TPSA) is 40.2 Å². The summed E-state index contributed by atoms with van der Waals surface area (Å²) in [6, 6.07) is 15.7. The van der Waals surface area contributed by atoms with E-state index in [-0.39, 0.29) is 12.2 Å². The van der Waals surface area contributed by atoms with Gasteiger partial charge < -0.3 is 23.8 Å². The number of rotatable bonds is 7. The van der Waals surface area contributed by atoms with Gasteiger partial charge in [0, 0.05) is 18.7 Å². The molecule has 0 aromatic heterocycles. The molecular formula is C21H27NO4. The second-order valence-corrected chi connectivity index (χ2v) is 6.33. The molecule has 140 valence electrons. The van der Waals surface area contributed by atoms with Crippen molar-refractivity contribution in [1.82, 2.24) is 4.90 Å². The van der Waals surface area contributed by atoms with Crippen LogP contribution in [0.25, 0.3) is 0 Å². The first-order chi connectivity index (χ1) is 12.7. The highest BCUT2D eigenvalue weighted by molar-refractivity contribution is 5.42. The number of nitrogens with zero attached hydrogens (tertiary/aromatic N) is 1. The van der Waals surface area contributed by atoms with Gasteiger partial charge in [0.15, 0.2) is 17.6 Å². The average molecular weight is 357 g/mol. The number of methoxy groups -OCH3 is 1. The van der Waals surface area contributed by atoms with Crippen molar-refractivity contribution in [3.63, 3.8) is 0 Å². The zero-order valence-electron chi connectivity index (χ0n) is 15.7. The highest BCUT2D eigenvalue weighted by Crippen LogP contribution is 2.37. The fraction of sp³-hybridized carbons (Fsp3) is 0.429. The molecule has 2 atom stereocenters. The van der Waals surface area contributed by atoms with E-state index < -0.39 is 0 Å². The molecule has 2 unspecified atom stereocenters. The Kier molecular flexibility index (Phi) is 6.36. The second kappa shape index (κ2) is 8.92. The van der Waals surface area contributed by atoms with Crippen molar-refractivity contribution >= 4 is 0 Å². The normalized spacial score (nSPS) is 19.0. The fourth-order valence-electron chi connectivity index (χ4n) is 3.19. The van der Waals surface area contributed by atoms with Crippen LogP contribution in [0, 0.1) is 0 Å². The highest BCUT2D eigenvalue weighted by atomic mass is 16.6. The third kappa shape index (κ3) is 4.29. The third-order valence-electron chi connectivity index (χ3n) is 4.48. The molecule has 2 aromatic rings. The molecule has 1 aliphatic heterocycles. The maximum atomic E-state index is 6.46. The number of hydrogen-bond acceptors (Lipinski definition) is 5. The summed E-state index contributed by atoms with van der Waals surface area (Å²) in [4.78, 5) is 2.26. The number of benzene rings is 2. The third-order valence-corrected chi connectivity index (χ3v) is 4.48. The van der Waals surface area contributed by atoms with E-state index in [1.807, 2.05) is 55.5 Å². The van der Waals surface area contributed by atoms with Crippen LogP contribution in [0.1, 0.15) is 18.6 Å². The molecule has 0 N–H and O–H groups in total. The Balaban J connectivity index is 1.95.